The number of hydrogen-bond donors (Lipinski definition) is 1. The molecule has 0 aliphatic heterocycles. The molecule has 0 saturated heterocycles. The summed E-state index contributed by atoms with van der Waals surface area (Å²) in [5.41, 5.74) is 2.23. The van der Waals surface area contributed by atoms with Crippen LogP contribution in [0.2, 0.25) is 0 Å². The molecule has 2 aromatic rings. The lowest BCUT2D eigenvalue weighted by atomic mass is 9.87. The van der Waals surface area contributed by atoms with Gasteiger partial charge in [0.25, 0.3) is 0 Å². The Morgan fingerprint density at radius 2 is 1.77 bits per heavy atom. The zero-order valence-electron chi connectivity index (χ0n) is 15.6. The summed E-state index contributed by atoms with van der Waals surface area (Å²) in [4.78, 5) is 16.4. The van der Waals surface area contributed by atoms with E-state index >= 15 is 0 Å². The zero-order valence-corrected chi connectivity index (χ0v) is 16.4. The van der Waals surface area contributed by atoms with Crippen LogP contribution in [0, 0.1) is 0 Å². The lowest BCUT2D eigenvalue weighted by molar-refractivity contribution is -0.119. The number of nitrogens with one attached hydrogen (secondary N) is 1. The maximum Gasteiger partial charge on any atom is 0.241 e. The molecule has 6 nitrogen and oxygen atoms in total. The molecule has 140 valence electrons. The molecule has 1 heterocycles. The summed E-state index contributed by atoms with van der Waals surface area (Å²) in [7, 11) is -3.59. The smallest absolute Gasteiger partial charge is 0.241 e. The van der Waals surface area contributed by atoms with Gasteiger partial charge in [-0.3, -0.25) is 14.1 Å². The van der Waals surface area contributed by atoms with Crippen molar-refractivity contribution in [3.8, 4) is 0 Å². The van der Waals surface area contributed by atoms with E-state index in [1.54, 1.807) is 30.5 Å². The summed E-state index contributed by atoms with van der Waals surface area (Å²) in [6, 6.07) is 12.6. The van der Waals surface area contributed by atoms with Crippen molar-refractivity contribution in [2.24, 2.45) is 0 Å². The minimum Gasteiger partial charge on any atom is -0.349 e. The highest BCUT2D eigenvalue weighted by Crippen LogP contribution is 2.25. The molecule has 26 heavy (non-hydrogen) atoms. The monoisotopic (exact) mass is 375 g/mol. The zero-order chi connectivity index (χ0) is 19.4. The average Bonchev–Trinajstić information content (AvgIpc) is 2.57. The number of rotatable bonds is 6. The first kappa shape index (κ1) is 19.9. The summed E-state index contributed by atoms with van der Waals surface area (Å²) < 4.78 is 25.4. The third kappa shape index (κ3) is 5.56. The third-order valence-electron chi connectivity index (χ3n) is 3.90. The topological polar surface area (TPSA) is 79.4 Å². The predicted octanol–water partition coefficient (Wildman–Crippen LogP) is 2.46. The Kier molecular flexibility index (Phi) is 6.02. The highest BCUT2D eigenvalue weighted by molar-refractivity contribution is 7.92. The molecule has 0 radical (unpaired) electrons. The van der Waals surface area contributed by atoms with Crippen LogP contribution < -0.4 is 9.62 Å². The van der Waals surface area contributed by atoms with Gasteiger partial charge in [0.15, 0.2) is 0 Å². The molecule has 0 aliphatic carbocycles. The maximum absolute atomic E-state index is 12.2. The molecule has 7 heteroatoms. The predicted molar refractivity (Wildman–Crippen MR) is 103 cm³/mol. The Morgan fingerprint density at radius 1 is 1.12 bits per heavy atom. The van der Waals surface area contributed by atoms with Gasteiger partial charge in [-0.1, -0.05) is 39.0 Å². The Morgan fingerprint density at radius 3 is 2.27 bits per heavy atom. The van der Waals surface area contributed by atoms with Crippen molar-refractivity contribution in [3.05, 3.63) is 59.9 Å². The molecular formula is C19H25N3O3S. The standard InChI is InChI=1S/C19H25N3O3S/c1-19(2,3)15-8-10-17(11-9-15)22(26(4,24)25)14-18(23)21-13-16-7-5-6-12-20-16/h5-12H,13-14H2,1-4H3,(H,21,23). The average molecular weight is 375 g/mol. The normalized spacial score (nSPS) is 11.8. The van der Waals surface area contributed by atoms with E-state index in [9.17, 15) is 13.2 Å². The van der Waals surface area contributed by atoms with Crippen LogP contribution in [0.1, 0.15) is 32.0 Å². The molecular weight excluding hydrogens is 350 g/mol. The summed E-state index contributed by atoms with van der Waals surface area (Å²) in [6.45, 7) is 6.23. The van der Waals surface area contributed by atoms with Gasteiger partial charge >= 0.3 is 0 Å². The van der Waals surface area contributed by atoms with Crippen molar-refractivity contribution < 1.29 is 13.2 Å². The van der Waals surface area contributed by atoms with Crippen LogP contribution in [0.4, 0.5) is 5.69 Å². The molecule has 0 unspecified atom stereocenters. The van der Waals surface area contributed by atoms with Gasteiger partial charge in [0.1, 0.15) is 6.54 Å². The first-order valence-electron chi connectivity index (χ1n) is 8.32. The van der Waals surface area contributed by atoms with Crippen LogP contribution >= 0.6 is 0 Å². The molecule has 2 rings (SSSR count). The Labute approximate surface area is 155 Å². The molecule has 0 atom stereocenters. The van der Waals surface area contributed by atoms with Gasteiger partial charge in [-0.05, 0) is 35.2 Å². The largest absolute Gasteiger partial charge is 0.349 e. The molecule has 0 spiro atoms. The SMILES string of the molecule is CC(C)(C)c1ccc(N(CC(=O)NCc2ccccn2)S(C)(=O)=O)cc1. The van der Waals surface area contributed by atoms with Crippen molar-refractivity contribution in [3.63, 3.8) is 0 Å². The quantitative estimate of drug-likeness (QED) is 0.841. The van der Waals surface area contributed by atoms with Crippen LogP contribution in [0.15, 0.2) is 48.7 Å². The minimum atomic E-state index is -3.59. The molecule has 1 aromatic carbocycles. The van der Waals surface area contributed by atoms with Crippen molar-refractivity contribution >= 4 is 21.6 Å². The fraction of sp³-hybridized carbons (Fsp3) is 0.368. The molecule has 1 amide bonds. The second-order valence-corrected chi connectivity index (χ2v) is 9.07. The third-order valence-corrected chi connectivity index (χ3v) is 5.04. The summed E-state index contributed by atoms with van der Waals surface area (Å²) in [6.07, 6.45) is 2.73. The molecule has 1 N–H and O–H groups in total. The van der Waals surface area contributed by atoms with Gasteiger partial charge in [-0.2, -0.15) is 0 Å². The van der Waals surface area contributed by atoms with Crippen LogP contribution in [-0.2, 0) is 26.8 Å². The van der Waals surface area contributed by atoms with E-state index in [0.29, 0.717) is 11.4 Å². The molecule has 0 bridgehead atoms. The molecule has 0 fully saturated rings. The second-order valence-electron chi connectivity index (χ2n) is 7.16. The fourth-order valence-electron chi connectivity index (χ4n) is 2.41. The number of carbonyl (C=O) groups excluding carboxylic acids is 1. The molecule has 0 saturated carbocycles. The first-order valence-corrected chi connectivity index (χ1v) is 10.2. The number of nitrogens with zero attached hydrogens (tertiary/aromatic N) is 2. The minimum absolute atomic E-state index is 0.0332. The van der Waals surface area contributed by atoms with Gasteiger partial charge in [0, 0.05) is 6.20 Å². The number of amides is 1. The number of sulfonamides is 1. The Bertz CT molecular complexity index is 842. The molecule has 0 aliphatic rings. The number of carbonyl (C=O) groups is 1. The number of aromatic nitrogens is 1. The van der Waals surface area contributed by atoms with E-state index < -0.39 is 10.0 Å². The summed E-state index contributed by atoms with van der Waals surface area (Å²) in [5, 5.41) is 2.70. The van der Waals surface area contributed by atoms with E-state index in [1.807, 2.05) is 18.2 Å². The van der Waals surface area contributed by atoms with Crippen LogP contribution in [0.5, 0.6) is 0 Å². The lowest BCUT2D eigenvalue weighted by Gasteiger charge is -2.24. The van der Waals surface area contributed by atoms with E-state index in [4.69, 9.17) is 0 Å². The van der Waals surface area contributed by atoms with Crippen molar-refractivity contribution in [2.75, 3.05) is 17.1 Å². The van der Waals surface area contributed by atoms with Gasteiger partial charge in [0.05, 0.1) is 24.2 Å². The van der Waals surface area contributed by atoms with E-state index in [1.165, 1.54) is 0 Å². The summed E-state index contributed by atoms with van der Waals surface area (Å²) >= 11 is 0. The van der Waals surface area contributed by atoms with Gasteiger partial charge in [-0.15, -0.1) is 0 Å². The van der Waals surface area contributed by atoms with E-state index in [-0.39, 0.29) is 24.4 Å². The van der Waals surface area contributed by atoms with E-state index in [0.717, 1.165) is 16.1 Å². The highest BCUT2D eigenvalue weighted by atomic mass is 32.2. The van der Waals surface area contributed by atoms with E-state index in [2.05, 4.69) is 31.1 Å². The first-order chi connectivity index (χ1) is 12.1. The summed E-state index contributed by atoms with van der Waals surface area (Å²) in [5.74, 6) is -0.388. The van der Waals surface area contributed by atoms with Crippen molar-refractivity contribution in [1.82, 2.24) is 10.3 Å². The Hall–Kier alpha value is -2.41. The highest BCUT2D eigenvalue weighted by Gasteiger charge is 2.22. The van der Waals surface area contributed by atoms with Crippen LogP contribution in [0.25, 0.3) is 0 Å². The van der Waals surface area contributed by atoms with Crippen LogP contribution in [0.3, 0.4) is 0 Å². The number of anilines is 1. The fourth-order valence-corrected chi connectivity index (χ4v) is 3.26. The number of pyridine rings is 1. The van der Waals surface area contributed by atoms with Gasteiger partial charge in [0.2, 0.25) is 15.9 Å². The van der Waals surface area contributed by atoms with Gasteiger partial charge < -0.3 is 5.32 Å². The molecule has 1 aromatic heterocycles. The number of hydrogen-bond acceptors (Lipinski definition) is 4. The second kappa shape index (κ2) is 7.86. The van der Waals surface area contributed by atoms with Crippen molar-refractivity contribution in [1.29, 1.82) is 0 Å². The van der Waals surface area contributed by atoms with Crippen LogP contribution in [-0.4, -0.2) is 32.1 Å². The van der Waals surface area contributed by atoms with Crippen molar-refractivity contribution in [2.45, 2.75) is 32.7 Å². The number of benzene rings is 1. The van der Waals surface area contributed by atoms with Gasteiger partial charge in [-0.25, -0.2) is 8.42 Å². The maximum atomic E-state index is 12.2. The lowest BCUT2D eigenvalue weighted by Crippen LogP contribution is -2.40. The Balaban J connectivity index is 2.11.